The molecule has 98 valence electrons. The van der Waals surface area contributed by atoms with E-state index in [-0.39, 0.29) is 18.0 Å². The average molecular weight is 287 g/mol. The molecule has 0 spiro atoms. The van der Waals surface area contributed by atoms with Gasteiger partial charge in [0.15, 0.2) is 0 Å². The van der Waals surface area contributed by atoms with Crippen LogP contribution in [0.25, 0.3) is 0 Å². The van der Waals surface area contributed by atoms with Gasteiger partial charge in [0, 0.05) is 11.4 Å². The van der Waals surface area contributed by atoms with E-state index < -0.39 is 10.0 Å². The SMILES string of the molecule is Cc1oc(CN)cc1S(=O)(=O)NCc1cscn1. The van der Waals surface area contributed by atoms with Crippen LogP contribution >= 0.6 is 11.3 Å². The van der Waals surface area contributed by atoms with Gasteiger partial charge in [0.05, 0.1) is 24.3 Å². The molecule has 2 rings (SSSR count). The van der Waals surface area contributed by atoms with Crippen molar-refractivity contribution in [3.05, 3.63) is 34.2 Å². The summed E-state index contributed by atoms with van der Waals surface area (Å²) >= 11 is 1.42. The summed E-state index contributed by atoms with van der Waals surface area (Å²) in [5.41, 5.74) is 7.74. The minimum atomic E-state index is -3.59. The first-order chi connectivity index (χ1) is 8.53. The number of aryl methyl sites for hydroxylation is 1. The highest BCUT2D eigenvalue weighted by molar-refractivity contribution is 7.89. The second-order valence-corrected chi connectivity index (χ2v) is 6.10. The molecule has 0 saturated heterocycles. The zero-order chi connectivity index (χ0) is 13.2. The Labute approximate surface area is 109 Å². The Kier molecular flexibility index (Phi) is 3.81. The van der Waals surface area contributed by atoms with E-state index in [1.54, 1.807) is 17.8 Å². The molecule has 2 heterocycles. The third-order valence-corrected chi connectivity index (χ3v) is 4.48. The van der Waals surface area contributed by atoms with E-state index in [4.69, 9.17) is 10.2 Å². The maximum absolute atomic E-state index is 12.0. The van der Waals surface area contributed by atoms with Crippen LogP contribution in [0, 0.1) is 6.92 Å². The van der Waals surface area contributed by atoms with Crippen LogP contribution in [0.4, 0.5) is 0 Å². The molecule has 0 bridgehead atoms. The van der Waals surface area contributed by atoms with Gasteiger partial charge in [-0.25, -0.2) is 18.1 Å². The van der Waals surface area contributed by atoms with Crippen molar-refractivity contribution in [3.8, 4) is 0 Å². The summed E-state index contributed by atoms with van der Waals surface area (Å²) in [6.07, 6.45) is 0. The normalized spacial score (nSPS) is 11.9. The van der Waals surface area contributed by atoms with Crippen LogP contribution in [-0.4, -0.2) is 13.4 Å². The number of thiazole rings is 1. The maximum atomic E-state index is 12.0. The number of rotatable bonds is 5. The second kappa shape index (κ2) is 5.19. The fourth-order valence-corrected chi connectivity index (χ4v) is 3.22. The first-order valence-corrected chi connectivity index (χ1v) is 7.61. The van der Waals surface area contributed by atoms with Gasteiger partial charge in [-0.05, 0) is 6.92 Å². The van der Waals surface area contributed by atoms with Crippen LogP contribution < -0.4 is 10.5 Å². The molecule has 0 aliphatic rings. The number of hydrogen-bond acceptors (Lipinski definition) is 6. The Hall–Kier alpha value is -1.22. The van der Waals surface area contributed by atoms with E-state index in [1.165, 1.54) is 17.4 Å². The van der Waals surface area contributed by atoms with Gasteiger partial charge in [0.25, 0.3) is 0 Å². The summed E-state index contributed by atoms with van der Waals surface area (Å²) in [5, 5.41) is 1.79. The van der Waals surface area contributed by atoms with Gasteiger partial charge in [-0.2, -0.15) is 0 Å². The third kappa shape index (κ3) is 2.78. The summed E-state index contributed by atoms with van der Waals surface area (Å²) < 4.78 is 31.8. The fraction of sp³-hybridized carbons (Fsp3) is 0.300. The molecule has 2 aromatic heterocycles. The smallest absolute Gasteiger partial charge is 0.244 e. The number of hydrogen-bond donors (Lipinski definition) is 2. The topological polar surface area (TPSA) is 98.2 Å². The lowest BCUT2D eigenvalue weighted by molar-refractivity contribution is 0.478. The number of nitrogens with one attached hydrogen (secondary N) is 1. The van der Waals surface area contributed by atoms with Crippen molar-refractivity contribution >= 4 is 21.4 Å². The minimum Gasteiger partial charge on any atom is -0.464 e. The van der Waals surface area contributed by atoms with Crippen molar-refractivity contribution in [2.75, 3.05) is 0 Å². The van der Waals surface area contributed by atoms with Crippen molar-refractivity contribution in [3.63, 3.8) is 0 Å². The maximum Gasteiger partial charge on any atom is 0.244 e. The Morgan fingerprint density at radius 1 is 1.56 bits per heavy atom. The zero-order valence-corrected chi connectivity index (χ0v) is 11.3. The molecule has 2 aromatic rings. The van der Waals surface area contributed by atoms with Crippen molar-refractivity contribution in [2.24, 2.45) is 5.73 Å². The van der Waals surface area contributed by atoms with E-state index in [0.717, 1.165) is 0 Å². The lowest BCUT2D eigenvalue weighted by Crippen LogP contribution is -2.23. The van der Waals surface area contributed by atoms with E-state index in [2.05, 4.69) is 9.71 Å². The first-order valence-electron chi connectivity index (χ1n) is 5.19. The van der Waals surface area contributed by atoms with Gasteiger partial charge < -0.3 is 10.2 Å². The standard InChI is InChI=1S/C10H13N3O3S2/c1-7-10(2-9(3-11)16-7)18(14,15)13-4-8-5-17-6-12-8/h2,5-6,13H,3-4,11H2,1H3. The van der Waals surface area contributed by atoms with Crippen LogP contribution in [0.5, 0.6) is 0 Å². The van der Waals surface area contributed by atoms with Crippen LogP contribution in [-0.2, 0) is 23.1 Å². The van der Waals surface area contributed by atoms with E-state index >= 15 is 0 Å². The number of furan rings is 1. The van der Waals surface area contributed by atoms with E-state index in [9.17, 15) is 8.42 Å². The minimum absolute atomic E-state index is 0.123. The molecule has 0 saturated carbocycles. The number of nitrogens with two attached hydrogens (primary N) is 1. The summed E-state index contributed by atoms with van der Waals surface area (Å²) in [6, 6.07) is 1.44. The van der Waals surface area contributed by atoms with Gasteiger partial charge >= 0.3 is 0 Å². The zero-order valence-electron chi connectivity index (χ0n) is 9.71. The van der Waals surface area contributed by atoms with Crippen LogP contribution in [0.3, 0.4) is 0 Å². The number of sulfonamides is 1. The van der Waals surface area contributed by atoms with Gasteiger partial charge in [-0.3, -0.25) is 0 Å². The predicted molar refractivity (Wildman–Crippen MR) is 67.5 cm³/mol. The molecular formula is C10H13N3O3S2. The highest BCUT2D eigenvalue weighted by atomic mass is 32.2. The molecule has 0 fully saturated rings. The van der Waals surface area contributed by atoms with Crippen molar-refractivity contribution < 1.29 is 12.8 Å². The van der Waals surface area contributed by atoms with E-state index in [1.807, 2.05) is 0 Å². The molecule has 0 aromatic carbocycles. The lowest BCUT2D eigenvalue weighted by Gasteiger charge is -2.03. The van der Waals surface area contributed by atoms with Gasteiger partial charge in [0.1, 0.15) is 16.4 Å². The summed E-state index contributed by atoms with van der Waals surface area (Å²) in [5.74, 6) is 0.780. The average Bonchev–Trinajstić information content (AvgIpc) is 2.95. The Morgan fingerprint density at radius 3 is 2.89 bits per heavy atom. The lowest BCUT2D eigenvalue weighted by atomic mass is 10.4. The Bertz CT molecular complexity index is 617. The summed E-state index contributed by atoms with van der Waals surface area (Å²) in [7, 11) is -3.59. The largest absolute Gasteiger partial charge is 0.464 e. The molecule has 8 heteroatoms. The van der Waals surface area contributed by atoms with Gasteiger partial charge in [-0.15, -0.1) is 11.3 Å². The molecule has 0 radical (unpaired) electrons. The van der Waals surface area contributed by atoms with Crippen molar-refractivity contribution in [2.45, 2.75) is 24.9 Å². The fourth-order valence-electron chi connectivity index (χ4n) is 1.46. The Balaban J connectivity index is 2.17. The Morgan fingerprint density at radius 2 is 2.33 bits per heavy atom. The quantitative estimate of drug-likeness (QED) is 0.854. The molecule has 0 atom stereocenters. The second-order valence-electron chi connectivity index (χ2n) is 3.64. The third-order valence-electron chi connectivity index (χ3n) is 2.34. The number of nitrogens with zero attached hydrogens (tertiary/aromatic N) is 1. The predicted octanol–water partition coefficient (Wildman–Crippen LogP) is 0.982. The molecule has 0 amide bonds. The highest BCUT2D eigenvalue weighted by Gasteiger charge is 2.20. The number of aromatic nitrogens is 1. The molecular weight excluding hydrogens is 274 g/mol. The summed E-state index contributed by atoms with van der Waals surface area (Å²) in [6.45, 7) is 1.92. The van der Waals surface area contributed by atoms with Gasteiger partial charge in [0.2, 0.25) is 10.0 Å². The molecule has 18 heavy (non-hydrogen) atoms. The van der Waals surface area contributed by atoms with Crippen LogP contribution in [0.15, 0.2) is 26.3 Å². The van der Waals surface area contributed by atoms with E-state index in [0.29, 0.717) is 17.2 Å². The molecule has 6 nitrogen and oxygen atoms in total. The molecule has 0 aliphatic carbocycles. The van der Waals surface area contributed by atoms with Crippen LogP contribution in [0.2, 0.25) is 0 Å². The molecule has 0 unspecified atom stereocenters. The van der Waals surface area contributed by atoms with Gasteiger partial charge in [-0.1, -0.05) is 0 Å². The van der Waals surface area contributed by atoms with Crippen molar-refractivity contribution in [1.82, 2.24) is 9.71 Å². The molecule has 0 aliphatic heterocycles. The van der Waals surface area contributed by atoms with Crippen molar-refractivity contribution in [1.29, 1.82) is 0 Å². The summed E-state index contributed by atoms with van der Waals surface area (Å²) in [4.78, 5) is 4.13. The highest BCUT2D eigenvalue weighted by Crippen LogP contribution is 2.19. The molecule has 3 N–H and O–H groups in total. The van der Waals surface area contributed by atoms with Crippen LogP contribution in [0.1, 0.15) is 17.2 Å². The first kappa shape index (κ1) is 13.2. The monoisotopic (exact) mass is 287 g/mol.